The molecule has 0 aliphatic carbocycles. The van der Waals surface area contributed by atoms with Gasteiger partial charge in [0.05, 0.1) is 5.60 Å². The van der Waals surface area contributed by atoms with Gasteiger partial charge in [-0.25, -0.2) is 0 Å². The summed E-state index contributed by atoms with van der Waals surface area (Å²) in [5.74, 6) is 0.0109. The van der Waals surface area contributed by atoms with Gasteiger partial charge in [-0.05, 0) is 38.5 Å². The fourth-order valence-corrected chi connectivity index (χ4v) is 1.60. The van der Waals surface area contributed by atoms with Crippen LogP contribution in [0.4, 0.5) is 11.4 Å². The minimum absolute atomic E-state index is 0.0193. The van der Waals surface area contributed by atoms with Gasteiger partial charge in [0.2, 0.25) is 5.91 Å². The van der Waals surface area contributed by atoms with E-state index in [-0.39, 0.29) is 17.4 Å². The molecule has 0 aliphatic heterocycles. The largest absolute Gasteiger partial charge is 0.385 e. The van der Waals surface area contributed by atoms with Crippen molar-refractivity contribution in [2.75, 3.05) is 24.3 Å². The molecule has 1 aromatic rings. The van der Waals surface area contributed by atoms with E-state index in [0.717, 1.165) is 24.3 Å². The highest BCUT2D eigenvalue weighted by Gasteiger charge is 2.15. The molecule has 0 unspecified atom stereocenters. The zero-order valence-corrected chi connectivity index (χ0v) is 13.1. The van der Waals surface area contributed by atoms with Crippen molar-refractivity contribution in [3.63, 3.8) is 0 Å². The maximum absolute atomic E-state index is 11.7. The molecule has 0 aliphatic rings. The predicted octanol–water partition coefficient (Wildman–Crippen LogP) is 3.51. The van der Waals surface area contributed by atoms with E-state index in [4.69, 9.17) is 4.74 Å². The summed E-state index contributed by atoms with van der Waals surface area (Å²) in [6.45, 7) is 8.71. The maximum atomic E-state index is 11.7. The fourth-order valence-electron chi connectivity index (χ4n) is 1.60. The summed E-state index contributed by atoms with van der Waals surface area (Å²) in [6, 6.07) is 7.76. The number of anilines is 2. The number of nitrogens with one attached hydrogen (secondary N) is 2. The summed E-state index contributed by atoms with van der Waals surface area (Å²) in [6.07, 6.45) is 0.909. The number of benzene rings is 1. The van der Waals surface area contributed by atoms with Crippen LogP contribution in [0.1, 0.15) is 34.1 Å². The first-order chi connectivity index (χ1) is 9.34. The molecule has 20 heavy (non-hydrogen) atoms. The van der Waals surface area contributed by atoms with Crippen LogP contribution in [-0.4, -0.2) is 25.2 Å². The Morgan fingerprint density at radius 3 is 2.55 bits per heavy atom. The van der Waals surface area contributed by atoms with Crippen LogP contribution in [0.2, 0.25) is 0 Å². The molecule has 1 aromatic carbocycles. The average molecular weight is 278 g/mol. The summed E-state index contributed by atoms with van der Waals surface area (Å²) in [5.41, 5.74) is 1.69. The Morgan fingerprint density at radius 2 is 1.95 bits per heavy atom. The van der Waals surface area contributed by atoms with Gasteiger partial charge < -0.3 is 15.4 Å². The lowest BCUT2D eigenvalue weighted by Gasteiger charge is -2.23. The number of methoxy groups -OCH3 is 1. The highest BCUT2D eigenvalue weighted by Crippen LogP contribution is 2.17. The summed E-state index contributed by atoms with van der Waals surface area (Å²) in [5, 5.41) is 6.24. The van der Waals surface area contributed by atoms with E-state index in [0.29, 0.717) is 0 Å². The van der Waals surface area contributed by atoms with Gasteiger partial charge in [-0.3, -0.25) is 4.79 Å². The fraction of sp³-hybridized carbons (Fsp3) is 0.562. The van der Waals surface area contributed by atoms with Crippen molar-refractivity contribution in [3.05, 3.63) is 24.3 Å². The number of carbonyl (C=O) groups excluding carboxylic acids is 1. The van der Waals surface area contributed by atoms with Gasteiger partial charge in [0.25, 0.3) is 0 Å². The molecule has 0 radical (unpaired) electrons. The normalized spacial score (nSPS) is 11.5. The molecule has 0 bridgehead atoms. The Kier molecular flexibility index (Phi) is 6.02. The Morgan fingerprint density at radius 1 is 1.30 bits per heavy atom. The topological polar surface area (TPSA) is 50.4 Å². The van der Waals surface area contributed by atoms with E-state index in [1.54, 1.807) is 7.11 Å². The smallest absolute Gasteiger partial charge is 0.226 e. The summed E-state index contributed by atoms with van der Waals surface area (Å²) in [4.78, 5) is 11.7. The van der Waals surface area contributed by atoms with Crippen molar-refractivity contribution in [1.29, 1.82) is 0 Å². The second-order valence-electron chi connectivity index (χ2n) is 5.87. The van der Waals surface area contributed by atoms with Crippen molar-refractivity contribution in [2.24, 2.45) is 5.92 Å². The number of hydrogen-bond acceptors (Lipinski definition) is 3. The molecule has 0 heterocycles. The molecule has 0 aromatic heterocycles. The third-order valence-electron chi connectivity index (χ3n) is 3.26. The first-order valence-electron chi connectivity index (χ1n) is 7.04. The van der Waals surface area contributed by atoms with E-state index in [2.05, 4.69) is 24.5 Å². The van der Waals surface area contributed by atoms with Crippen LogP contribution in [0, 0.1) is 5.92 Å². The first kappa shape index (κ1) is 16.5. The first-order valence-corrected chi connectivity index (χ1v) is 7.04. The van der Waals surface area contributed by atoms with Crippen molar-refractivity contribution < 1.29 is 9.53 Å². The van der Waals surface area contributed by atoms with Crippen LogP contribution in [0.15, 0.2) is 24.3 Å². The van der Waals surface area contributed by atoms with Gasteiger partial charge in [0.15, 0.2) is 0 Å². The predicted molar refractivity (Wildman–Crippen MR) is 84.1 cm³/mol. The SMILES string of the molecule is COC(C)(C)CCNc1cccc(NC(=O)C(C)C)c1. The molecule has 0 saturated carbocycles. The lowest BCUT2D eigenvalue weighted by molar-refractivity contribution is -0.118. The zero-order chi connectivity index (χ0) is 15.2. The van der Waals surface area contributed by atoms with Gasteiger partial charge in [-0.15, -0.1) is 0 Å². The van der Waals surface area contributed by atoms with Gasteiger partial charge in [0.1, 0.15) is 0 Å². The molecule has 0 saturated heterocycles. The van der Waals surface area contributed by atoms with Gasteiger partial charge in [-0.2, -0.15) is 0 Å². The van der Waals surface area contributed by atoms with E-state index in [1.807, 2.05) is 38.1 Å². The molecule has 0 spiro atoms. The van der Waals surface area contributed by atoms with Crippen LogP contribution in [0.5, 0.6) is 0 Å². The Hall–Kier alpha value is -1.55. The molecular formula is C16H26N2O2. The van der Waals surface area contributed by atoms with E-state index in [1.165, 1.54) is 0 Å². The Bertz CT molecular complexity index is 442. The highest BCUT2D eigenvalue weighted by molar-refractivity contribution is 5.92. The van der Waals surface area contributed by atoms with E-state index >= 15 is 0 Å². The second kappa shape index (κ2) is 7.29. The molecule has 0 atom stereocenters. The second-order valence-corrected chi connectivity index (χ2v) is 5.87. The lowest BCUT2D eigenvalue weighted by Crippen LogP contribution is -2.25. The van der Waals surface area contributed by atoms with Crippen molar-refractivity contribution >= 4 is 17.3 Å². The molecular weight excluding hydrogens is 252 g/mol. The molecule has 0 fully saturated rings. The van der Waals surface area contributed by atoms with Crippen molar-refractivity contribution in [1.82, 2.24) is 0 Å². The quantitative estimate of drug-likeness (QED) is 0.802. The van der Waals surface area contributed by atoms with Crippen LogP contribution in [0.3, 0.4) is 0 Å². The minimum atomic E-state index is -0.129. The molecule has 1 rings (SSSR count). The number of ether oxygens (including phenoxy) is 1. The van der Waals surface area contributed by atoms with Gasteiger partial charge in [0, 0.05) is 30.9 Å². The van der Waals surface area contributed by atoms with Crippen molar-refractivity contribution in [3.8, 4) is 0 Å². The summed E-state index contributed by atoms with van der Waals surface area (Å²) < 4.78 is 5.38. The maximum Gasteiger partial charge on any atom is 0.226 e. The van der Waals surface area contributed by atoms with Crippen molar-refractivity contribution in [2.45, 2.75) is 39.7 Å². The molecule has 2 N–H and O–H groups in total. The van der Waals surface area contributed by atoms with Crippen LogP contribution in [0.25, 0.3) is 0 Å². The number of carbonyl (C=O) groups is 1. The number of hydrogen-bond donors (Lipinski definition) is 2. The average Bonchev–Trinajstić information content (AvgIpc) is 2.39. The Labute approximate surface area is 121 Å². The van der Waals surface area contributed by atoms with Gasteiger partial charge in [-0.1, -0.05) is 19.9 Å². The monoisotopic (exact) mass is 278 g/mol. The van der Waals surface area contributed by atoms with E-state index in [9.17, 15) is 4.79 Å². The molecule has 4 heteroatoms. The Balaban J connectivity index is 2.54. The number of amides is 1. The molecule has 112 valence electrons. The minimum Gasteiger partial charge on any atom is -0.385 e. The third kappa shape index (κ3) is 5.61. The van der Waals surface area contributed by atoms with E-state index < -0.39 is 0 Å². The lowest BCUT2D eigenvalue weighted by atomic mass is 10.1. The van der Waals surface area contributed by atoms with Crippen LogP contribution in [-0.2, 0) is 9.53 Å². The molecule has 1 amide bonds. The highest BCUT2D eigenvalue weighted by atomic mass is 16.5. The third-order valence-corrected chi connectivity index (χ3v) is 3.26. The van der Waals surface area contributed by atoms with Gasteiger partial charge >= 0.3 is 0 Å². The standard InChI is InChI=1S/C16H26N2O2/c1-12(2)15(19)18-14-8-6-7-13(11-14)17-10-9-16(3,4)20-5/h6-8,11-12,17H,9-10H2,1-5H3,(H,18,19). The van der Waals surface area contributed by atoms with Crippen LogP contribution >= 0.6 is 0 Å². The zero-order valence-electron chi connectivity index (χ0n) is 13.1. The number of rotatable bonds is 7. The summed E-state index contributed by atoms with van der Waals surface area (Å²) >= 11 is 0. The summed E-state index contributed by atoms with van der Waals surface area (Å²) in [7, 11) is 1.72. The molecule has 4 nitrogen and oxygen atoms in total. The van der Waals surface area contributed by atoms with Crippen LogP contribution < -0.4 is 10.6 Å².